The summed E-state index contributed by atoms with van der Waals surface area (Å²) in [5.74, 6) is -8.85. The van der Waals surface area contributed by atoms with E-state index in [0.717, 1.165) is 0 Å². The van der Waals surface area contributed by atoms with E-state index in [0.29, 0.717) is 0 Å². The van der Waals surface area contributed by atoms with Gasteiger partial charge in [0.15, 0.2) is 0 Å². The van der Waals surface area contributed by atoms with Crippen molar-refractivity contribution >= 4 is 23.9 Å². The molecule has 0 radical (unpaired) electrons. The van der Waals surface area contributed by atoms with Crippen molar-refractivity contribution in [2.75, 3.05) is 6.79 Å². The molecule has 0 saturated carbocycles. The van der Waals surface area contributed by atoms with Crippen LogP contribution in [0.3, 0.4) is 0 Å². The first-order valence-corrected chi connectivity index (χ1v) is 5.86. The molecule has 1 rings (SSSR count). The van der Waals surface area contributed by atoms with Gasteiger partial charge in [-0.1, -0.05) is 0 Å². The Hall–Kier alpha value is -2.20. The SMILES string of the molecule is O=C(O)CC(C(=O)O)C1OCOC1C(CC(=O)O)C(=O)O. The Morgan fingerprint density at radius 1 is 0.810 bits per heavy atom. The van der Waals surface area contributed by atoms with Gasteiger partial charge >= 0.3 is 23.9 Å². The molecule has 0 aromatic heterocycles. The van der Waals surface area contributed by atoms with Crippen molar-refractivity contribution in [2.24, 2.45) is 11.8 Å². The fourth-order valence-electron chi connectivity index (χ4n) is 2.14. The molecule has 1 fully saturated rings. The summed E-state index contributed by atoms with van der Waals surface area (Å²) >= 11 is 0. The molecule has 10 heteroatoms. The van der Waals surface area contributed by atoms with Gasteiger partial charge in [0.2, 0.25) is 0 Å². The summed E-state index contributed by atoms with van der Waals surface area (Å²) in [7, 11) is 0. The van der Waals surface area contributed by atoms with Gasteiger partial charge in [0.25, 0.3) is 0 Å². The highest BCUT2D eigenvalue weighted by atomic mass is 16.7. The van der Waals surface area contributed by atoms with E-state index in [1.165, 1.54) is 0 Å². The molecule has 4 atom stereocenters. The monoisotopic (exact) mass is 306 g/mol. The molecule has 1 heterocycles. The molecule has 1 aliphatic heterocycles. The number of hydrogen-bond acceptors (Lipinski definition) is 6. The number of carboxylic acids is 4. The lowest BCUT2D eigenvalue weighted by atomic mass is 9.86. The van der Waals surface area contributed by atoms with Crippen LogP contribution in [-0.4, -0.2) is 63.3 Å². The van der Waals surface area contributed by atoms with Crippen molar-refractivity contribution in [1.82, 2.24) is 0 Å². The largest absolute Gasteiger partial charge is 0.481 e. The third-order valence-electron chi connectivity index (χ3n) is 3.06. The van der Waals surface area contributed by atoms with Gasteiger partial charge in [-0.2, -0.15) is 0 Å². The zero-order chi connectivity index (χ0) is 16.2. The molecule has 1 saturated heterocycles. The maximum Gasteiger partial charge on any atom is 0.309 e. The Morgan fingerprint density at radius 3 is 1.38 bits per heavy atom. The lowest BCUT2D eigenvalue weighted by Crippen LogP contribution is -2.44. The van der Waals surface area contributed by atoms with Crippen molar-refractivity contribution in [3.63, 3.8) is 0 Å². The topological polar surface area (TPSA) is 168 Å². The van der Waals surface area contributed by atoms with Crippen LogP contribution in [0.2, 0.25) is 0 Å². The molecule has 0 aromatic rings. The summed E-state index contributed by atoms with van der Waals surface area (Å²) in [6.45, 7) is -0.428. The molecule has 0 amide bonds. The smallest absolute Gasteiger partial charge is 0.309 e. The van der Waals surface area contributed by atoms with Crippen LogP contribution in [0, 0.1) is 11.8 Å². The third kappa shape index (κ3) is 4.39. The first-order valence-electron chi connectivity index (χ1n) is 5.86. The van der Waals surface area contributed by atoms with Gasteiger partial charge < -0.3 is 29.9 Å². The minimum atomic E-state index is -1.54. The standard InChI is InChI=1S/C11H14O10/c12-6(13)1-4(10(16)17)8-9(21-3-20-8)5(11(18)19)2-7(14)15/h4-5,8-9H,1-3H2,(H,12,13)(H,14,15)(H,16,17)(H,18,19). The molecule has 118 valence electrons. The van der Waals surface area contributed by atoms with Crippen LogP contribution in [0.5, 0.6) is 0 Å². The molecule has 0 aromatic carbocycles. The van der Waals surface area contributed by atoms with E-state index >= 15 is 0 Å². The van der Waals surface area contributed by atoms with Crippen LogP contribution < -0.4 is 0 Å². The van der Waals surface area contributed by atoms with E-state index in [1.807, 2.05) is 0 Å². The van der Waals surface area contributed by atoms with Gasteiger partial charge in [-0.05, 0) is 0 Å². The molecule has 0 bridgehead atoms. The van der Waals surface area contributed by atoms with Crippen LogP contribution in [-0.2, 0) is 28.7 Å². The van der Waals surface area contributed by atoms with Gasteiger partial charge in [0.1, 0.15) is 19.0 Å². The first kappa shape index (κ1) is 16.9. The Morgan fingerprint density at radius 2 is 1.14 bits per heavy atom. The minimum absolute atomic E-state index is 0.428. The summed E-state index contributed by atoms with van der Waals surface area (Å²) in [6, 6.07) is 0. The molecule has 0 spiro atoms. The van der Waals surface area contributed by atoms with Crippen LogP contribution in [0.1, 0.15) is 12.8 Å². The second kappa shape index (κ2) is 6.99. The average Bonchev–Trinajstić information content (AvgIpc) is 2.80. The van der Waals surface area contributed by atoms with Gasteiger partial charge in [0, 0.05) is 0 Å². The van der Waals surface area contributed by atoms with Gasteiger partial charge in [-0.25, -0.2) is 0 Å². The Bertz CT molecular complexity index is 404. The first-order chi connectivity index (χ1) is 9.73. The average molecular weight is 306 g/mol. The van der Waals surface area contributed by atoms with Crippen molar-refractivity contribution in [2.45, 2.75) is 25.0 Å². The Balaban J connectivity index is 2.98. The highest BCUT2D eigenvalue weighted by Gasteiger charge is 2.47. The summed E-state index contributed by atoms with van der Waals surface area (Å²) in [5, 5.41) is 35.5. The van der Waals surface area contributed by atoms with E-state index in [4.69, 9.17) is 29.9 Å². The number of ether oxygens (including phenoxy) is 2. The molecule has 0 aliphatic carbocycles. The lowest BCUT2D eigenvalue weighted by molar-refractivity contribution is -0.157. The highest BCUT2D eigenvalue weighted by Crippen LogP contribution is 2.30. The zero-order valence-corrected chi connectivity index (χ0v) is 10.7. The number of hydrogen-bond donors (Lipinski definition) is 4. The quantitative estimate of drug-likeness (QED) is 0.440. The van der Waals surface area contributed by atoms with E-state index in [-0.39, 0.29) is 0 Å². The molecular formula is C11H14O10. The van der Waals surface area contributed by atoms with Gasteiger partial charge in [-0.15, -0.1) is 0 Å². The third-order valence-corrected chi connectivity index (χ3v) is 3.06. The van der Waals surface area contributed by atoms with Crippen LogP contribution >= 0.6 is 0 Å². The van der Waals surface area contributed by atoms with E-state index in [2.05, 4.69) is 0 Å². The summed E-state index contributed by atoms with van der Waals surface area (Å²) in [5.41, 5.74) is 0. The maximum absolute atomic E-state index is 11.1. The number of rotatable bonds is 8. The highest BCUT2D eigenvalue weighted by molar-refractivity contribution is 5.80. The van der Waals surface area contributed by atoms with Crippen LogP contribution in [0.15, 0.2) is 0 Å². The van der Waals surface area contributed by atoms with Gasteiger partial charge in [0.05, 0.1) is 24.7 Å². The summed E-state index contributed by atoms with van der Waals surface area (Å²) < 4.78 is 9.96. The number of aliphatic carboxylic acids is 4. The van der Waals surface area contributed by atoms with Crippen molar-refractivity contribution in [3.8, 4) is 0 Å². The predicted molar refractivity (Wildman–Crippen MR) is 61.4 cm³/mol. The molecule has 1 aliphatic rings. The van der Waals surface area contributed by atoms with Crippen LogP contribution in [0.25, 0.3) is 0 Å². The summed E-state index contributed by atoms with van der Waals surface area (Å²) in [4.78, 5) is 43.6. The molecule has 21 heavy (non-hydrogen) atoms. The maximum atomic E-state index is 11.1. The van der Waals surface area contributed by atoms with Crippen molar-refractivity contribution < 1.29 is 49.1 Å². The van der Waals surface area contributed by atoms with Gasteiger partial charge in [-0.3, -0.25) is 19.2 Å². The van der Waals surface area contributed by atoms with Crippen molar-refractivity contribution in [1.29, 1.82) is 0 Å². The summed E-state index contributed by atoms with van der Waals surface area (Å²) in [6.07, 6.45) is -4.28. The second-order valence-corrected chi connectivity index (χ2v) is 4.47. The van der Waals surface area contributed by atoms with E-state index in [9.17, 15) is 19.2 Å². The Labute approximate surface area is 117 Å². The molecule has 10 nitrogen and oxygen atoms in total. The van der Waals surface area contributed by atoms with Crippen molar-refractivity contribution in [3.05, 3.63) is 0 Å². The molecule has 4 N–H and O–H groups in total. The number of carboxylic acid groups (broad SMARTS) is 4. The predicted octanol–water partition coefficient (Wildman–Crippen LogP) is -0.921. The molecular weight excluding hydrogens is 292 g/mol. The van der Waals surface area contributed by atoms with Crippen LogP contribution in [0.4, 0.5) is 0 Å². The van der Waals surface area contributed by atoms with E-state index < -0.39 is 67.6 Å². The second-order valence-electron chi connectivity index (χ2n) is 4.47. The Kier molecular flexibility index (Phi) is 5.61. The number of carbonyl (C=O) groups is 4. The minimum Gasteiger partial charge on any atom is -0.481 e. The molecule has 4 unspecified atom stereocenters. The lowest BCUT2D eigenvalue weighted by Gasteiger charge is -2.25. The zero-order valence-electron chi connectivity index (χ0n) is 10.7. The normalized spacial score (nSPS) is 24.2. The fourth-order valence-corrected chi connectivity index (χ4v) is 2.14. The van der Waals surface area contributed by atoms with E-state index in [1.54, 1.807) is 0 Å². The fraction of sp³-hybridized carbons (Fsp3) is 0.636.